The zero-order chi connectivity index (χ0) is 16.3. The number of rotatable bonds is 11. The van der Waals surface area contributed by atoms with E-state index in [0.29, 0.717) is 25.8 Å². The third kappa shape index (κ3) is 9.56. The van der Waals surface area contributed by atoms with Crippen molar-refractivity contribution in [1.29, 1.82) is 0 Å². The Morgan fingerprint density at radius 1 is 1.43 bits per heavy atom. The van der Waals surface area contributed by atoms with Gasteiger partial charge in [0.25, 0.3) is 0 Å². The molecule has 0 rings (SSSR count). The van der Waals surface area contributed by atoms with Crippen LogP contribution in [-0.4, -0.2) is 35.8 Å². The first-order valence-corrected chi connectivity index (χ1v) is 7.57. The van der Waals surface area contributed by atoms with Gasteiger partial charge in [-0.05, 0) is 38.8 Å². The zero-order valence-electron chi connectivity index (χ0n) is 13.5. The van der Waals surface area contributed by atoms with Gasteiger partial charge in [0, 0.05) is 13.0 Å². The molecule has 0 saturated carbocycles. The number of aliphatic hydroxyl groups is 2. The van der Waals surface area contributed by atoms with E-state index in [1.54, 1.807) is 12.2 Å². The summed E-state index contributed by atoms with van der Waals surface area (Å²) in [7, 11) is 1.85. The summed E-state index contributed by atoms with van der Waals surface area (Å²) in [4.78, 5) is 0. The van der Waals surface area contributed by atoms with Crippen LogP contribution in [0.5, 0.6) is 0 Å². The van der Waals surface area contributed by atoms with Crippen LogP contribution in [0, 0.1) is 0 Å². The summed E-state index contributed by atoms with van der Waals surface area (Å²) >= 11 is 0. The van der Waals surface area contributed by atoms with Crippen LogP contribution in [0.25, 0.3) is 0 Å². The number of alkyl halides is 1. The number of hydrogen-bond donors (Lipinski definition) is 3. The molecule has 3 N–H and O–H groups in total. The van der Waals surface area contributed by atoms with Gasteiger partial charge in [0.1, 0.15) is 6.17 Å². The van der Waals surface area contributed by atoms with E-state index >= 15 is 0 Å². The highest BCUT2D eigenvalue weighted by Gasteiger charge is 2.15. The predicted molar refractivity (Wildman–Crippen MR) is 86.8 cm³/mol. The van der Waals surface area contributed by atoms with Crippen LogP contribution < -0.4 is 5.32 Å². The lowest BCUT2D eigenvalue weighted by molar-refractivity contribution is -0.148. The van der Waals surface area contributed by atoms with Gasteiger partial charge >= 0.3 is 0 Å². The molecule has 0 fully saturated rings. The summed E-state index contributed by atoms with van der Waals surface area (Å²) in [5.41, 5.74) is 1.85. The fourth-order valence-corrected chi connectivity index (χ4v) is 2.17. The van der Waals surface area contributed by atoms with E-state index in [-0.39, 0.29) is 6.42 Å². The highest BCUT2D eigenvalue weighted by molar-refractivity contribution is 5.25. The Hall–Kier alpha value is -0.970. The van der Waals surface area contributed by atoms with Crippen LogP contribution in [-0.2, 0) is 0 Å². The van der Waals surface area contributed by atoms with Gasteiger partial charge in [-0.2, -0.15) is 0 Å². The van der Waals surface area contributed by atoms with Crippen molar-refractivity contribution >= 4 is 0 Å². The van der Waals surface area contributed by atoms with Gasteiger partial charge in [-0.25, -0.2) is 4.39 Å². The summed E-state index contributed by atoms with van der Waals surface area (Å²) in [6, 6.07) is 0. The number of nitrogens with one attached hydrogen (secondary N) is 1. The second kappa shape index (κ2) is 10.7. The first-order chi connectivity index (χ1) is 9.85. The molecule has 0 aromatic heterocycles. The second-order valence-corrected chi connectivity index (χ2v) is 5.49. The summed E-state index contributed by atoms with van der Waals surface area (Å²) in [6.07, 6.45) is 6.76. The van der Waals surface area contributed by atoms with Gasteiger partial charge in [-0.1, -0.05) is 37.1 Å². The van der Waals surface area contributed by atoms with Crippen molar-refractivity contribution in [2.24, 2.45) is 0 Å². The molecule has 4 heteroatoms. The van der Waals surface area contributed by atoms with Crippen LogP contribution in [0.2, 0.25) is 0 Å². The molecule has 0 aliphatic heterocycles. The van der Waals surface area contributed by atoms with E-state index in [4.69, 9.17) is 0 Å². The van der Waals surface area contributed by atoms with Gasteiger partial charge in [-0.15, -0.1) is 6.58 Å². The van der Waals surface area contributed by atoms with E-state index in [9.17, 15) is 14.6 Å². The summed E-state index contributed by atoms with van der Waals surface area (Å²) in [6.45, 7) is 7.74. The van der Waals surface area contributed by atoms with Crippen molar-refractivity contribution in [3.63, 3.8) is 0 Å². The summed E-state index contributed by atoms with van der Waals surface area (Å²) in [5, 5.41) is 21.5. The van der Waals surface area contributed by atoms with E-state index < -0.39 is 12.0 Å². The molecule has 21 heavy (non-hydrogen) atoms. The van der Waals surface area contributed by atoms with Crippen molar-refractivity contribution in [2.45, 2.75) is 57.9 Å². The van der Waals surface area contributed by atoms with Crippen LogP contribution in [0.3, 0.4) is 0 Å². The molecule has 0 aliphatic carbocycles. The molecule has 0 bridgehead atoms. The molecule has 0 spiro atoms. The molecular formula is C17H30FNO2. The fraction of sp³-hybridized carbons (Fsp3) is 0.647. The Morgan fingerprint density at radius 2 is 2.10 bits per heavy atom. The highest BCUT2D eigenvalue weighted by atomic mass is 19.1. The first-order valence-electron chi connectivity index (χ1n) is 7.57. The minimum atomic E-state index is -1.70. The van der Waals surface area contributed by atoms with Crippen molar-refractivity contribution < 1.29 is 14.6 Å². The number of hydrogen-bond acceptors (Lipinski definition) is 3. The molecule has 0 saturated heterocycles. The molecule has 0 heterocycles. The SMILES string of the molecule is C=CC/C(CNC)=C(/CCC)C(F)/C=C\CCC(C)(O)O. The normalized spacial score (nSPS) is 15.1. The standard InChI is InChI=1S/C17H30FNO2/c1-5-9-14(13-19-4)15(10-6-2)16(18)11-7-8-12-17(3,20)21/h5,7,11,16,19-21H,1,6,8-10,12-13H2,2-4H3/b11-7-,15-14+. The molecule has 3 nitrogen and oxygen atoms in total. The van der Waals surface area contributed by atoms with Crippen LogP contribution in [0.1, 0.15) is 46.0 Å². The number of allylic oxidation sites excluding steroid dienone is 4. The zero-order valence-corrected chi connectivity index (χ0v) is 13.5. The Bertz CT molecular complexity index is 356. The minimum Gasteiger partial charge on any atom is -0.366 e. The lowest BCUT2D eigenvalue weighted by Crippen LogP contribution is -2.21. The fourth-order valence-electron chi connectivity index (χ4n) is 2.17. The largest absolute Gasteiger partial charge is 0.366 e. The molecule has 0 aliphatic rings. The van der Waals surface area contributed by atoms with Gasteiger partial charge in [0.05, 0.1) is 0 Å². The monoisotopic (exact) mass is 299 g/mol. The van der Waals surface area contributed by atoms with E-state index in [2.05, 4.69) is 11.9 Å². The Kier molecular flexibility index (Phi) is 10.2. The van der Waals surface area contributed by atoms with Crippen LogP contribution in [0.4, 0.5) is 4.39 Å². The third-order valence-corrected chi connectivity index (χ3v) is 3.18. The van der Waals surface area contributed by atoms with Crippen molar-refractivity contribution in [3.05, 3.63) is 36.0 Å². The lowest BCUT2D eigenvalue weighted by Gasteiger charge is -2.16. The molecule has 0 amide bonds. The molecule has 1 unspecified atom stereocenters. The van der Waals surface area contributed by atoms with Gasteiger partial charge in [0.15, 0.2) is 5.79 Å². The average Bonchev–Trinajstić information content (AvgIpc) is 2.39. The van der Waals surface area contributed by atoms with Crippen molar-refractivity contribution in [2.75, 3.05) is 13.6 Å². The number of halogens is 1. The van der Waals surface area contributed by atoms with Gasteiger partial charge < -0.3 is 15.5 Å². The smallest absolute Gasteiger partial charge is 0.159 e. The molecular weight excluding hydrogens is 269 g/mol. The summed E-state index contributed by atoms with van der Waals surface area (Å²) < 4.78 is 14.4. The second-order valence-electron chi connectivity index (χ2n) is 5.49. The molecule has 1 atom stereocenters. The maximum atomic E-state index is 14.4. The van der Waals surface area contributed by atoms with Crippen molar-refractivity contribution in [3.8, 4) is 0 Å². The maximum Gasteiger partial charge on any atom is 0.159 e. The topological polar surface area (TPSA) is 52.5 Å². The first kappa shape index (κ1) is 20.0. The van der Waals surface area contributed by atoms with Gasteiger partial charge in [-0.3, -0.25) is 0 Å². The number of likely N-dealkylation sites (N-methyl/N-ethyl adjacent to an activating group) is 1. The molecule has 122 valence electrons. The highest BCUT2D eigenvalue weighted by Crippen LogP contribution is 2.22. The van der Waals surface area contributed by atoms with Gasteiger partial charge in [0.2, 0.25) is 0 Å². The summed E-state index contributed by atoms with van der Waals surface area (Å²) in [5.74, 6) is -1.70. The molecule has 0 radical (unpaired) electrons. The van der Waals surface area contributed by atoms with Crippen LogP contribution >= 0.6 is 0 Å². The Morgan fingerprint density at radius 3 is 2.57 bits per heavy atom. The molecule has 0 aromatic rings. The van der Waals surface area contributed by atoms with E-state index in [1.165, 1.54) is 13.0 Å². The third-order valence-electron chi connectivity index (χ3n) is 3.18. The van der Waals surface area contributed by atoms with Crippen LogP contribution in [0.15, 0.2) is 36.0 Å². The van der Waals surface area contributed by atoms with E-state index in [1.807, 2.05) is 14.0 Å². The Labute approximate surface area is 128 Å². The minimum absolute atomic E-state index is 0.194. The van der Waals surface area contributed by atoms with E-state index in [0.717, 1.165) is 17.6 Å². The molecule has 0 aromatic carbocycles. The van der Waals surface area contributed by atoms with Crippen molar-refractivity contribution in [1.82, 2.24) is 5.32 Å². The lowest BCUT2D eigenvalue weighted by atomic mass is 9.96. The average molecular weight is 299 g/mol. The predicted octanol–water partition coefficient (Wildman–Crippen LogP) is 3.25. The quantitative estimate of drug-likeness (QED) is 0.405. The maximum absolute atomic E-state index is 14.4. The Balaban J connectivity index is 4.87.